The molecule has 2 atom stereocenters. The van der Waals surface area contributed by atoms with Crippen molar-refractivity contribution in [2.75, 3.05) is 74.5 Å². The molecule has 13 nitrogen and oxygen atoms in total. The number of aliphatic hydroxyl groups is 2. The molecule has 49 heavy (non-hydrogen) atoms. The second-order valence-corrected chi connectivity index (χ2v) is 19.7. The van der Waals surface area contributed by atoms with Crippen LogP contribution in [-0.4, -0.2) is 141 Å². The maximum Gasteiger partial charge on any atom is 0.593 e. The first kappa shape index (κ1) is 45.1. The highest BCUT2D eigenvalue weighted by atomic mass is 28.4. The van der Waals surface area contributed by atoms with Crippen LogP contribution in [0.1, 0.15) is 98.3 Å². The van der Waals surface area contributed by atoms with E-state index in [1.807, 2.05) is 0 Å². The van der Waals surface area contributed by atoms with Crippen LogP contribution in [0.4, 0.5) is 0 Å². The first-order chi connectivity index (χ1) is 23.2. The average molecular weight is 742 g/mol. The smallest absolute Gasteiger partial charge is 0.390 e. The van der Waals surface area contributed by atoms with Crippen LogP contribution in [0.2, 0.25) is 6.04 Å². The predicted molar refractivity (Wildman–Crippen MR) is 190 cm³/mol. The van der Waals surface area contributed by atoms with Crippen molar-refractivity contribution in [2.45, 2.75) is 128 Å². The molecular weight excluding hydrogens is 671 g/mol. The Bertz CT molecular complexity index is 868. The third-order valence-electron chi connectivity index (χ3n) is 10.9. The van der Waals surface area contributed by atoms with Gasteiger partial charge in [-0.3, -0.25) is 0 Å². The van der Waals surface area contributed by atoms with Crippen LogP contribution in [-0.2, 0) is 36.7 Å². The van der Waals surface area contributed by atoms with E-state index in [-0.39, 0.29) is 30.8 Å². The molecule has 15 heteroatoms. The summed E-state index contributed by atoms with van der Waals surface area (Å²) in [4.78, 5) is 23.3. The molecular formula is C34H71NO12Si2. The lowest BCUT2D eigenvalue weighted by molar-refractivity contribution is -0.351. The molecule has 0 saturated heterocycles. The second kappa shape index (κ2) is 22.2. The van der Waals surface area contributed by atoms with Crippen LogP contribution < -0.4 is 0 Å². The fraction of sp³-hybridized carbons (Fsp3) is 1.00. The maximum absolute atomic E-state index is 11.0. The summed E-state index contributed by atoms with van der Waals surface area (Å²) >= 11 is 0. The van der Waals surface area contributed by atoms with Crippen molar-refractivity contribution in [1.29, 1.82) is 0 Å². The van der Waals surface area contributed by atoms with Gasteiger partial charge in [0.2, 0.25) is 0 Å². The SMILES string of the molecule is CCCCN(CCC[Si](O)(OC)OC)CC(O)COCCOC1CCC(C(C)(C)C2CCC(OC(O)(OCC)[Si](O)(OC)OC)CC2)CC1. The average Bonchev–Trinajstić information content (AvgIpc) is 3.10. The van der Waals surface area contributed by atoms with E-state index in [0.717, 1.165) is 83.7 Å². The topological polar surface area (TPSA) is 158 Å². The van der Waals surface area contributed by atoms with Gasteiger partial charge in [-0.05, 0) is 101 Å². The molecule has 2 aliphatic rings. The zero-order valence-electron chi connectivity index (χ0n) is 31.8. The van der Waals surface area contributed by atoms with E-state index in [0.29, 0.717) is 37.6 Å². The monoisotopic (exact) mass is 741 g/mol. The first-order valence-corrected chi connectivity index (χ1v) is 22.3. The molecule has 2 fully saturated rings. The zero-order chi connectivity index (χ0) is 36.6. The van der Waals surface area contributed by atoms with Crippen molar-refractivity contribution in [2.24, 2.45) is 17.3 Å². The highest BCUT2D eigenvalue weighted by molar-refractivity contribution is 6.61. The second-order valence-electron chi connectivity index (χ2n) is 14.4. The Morgan fingerprint density at radius 2 is 1.33 bits per heavy atom. The van der Waals surface area contributed by atoms with Crippen molar-refractivity contribution >= 4 is 17.6 Å². The Labute approximate surface area is 298 Å². The van der Waals surface area contributed by atoms with Gasteiger partial charge in [-0.2, -0.15) is 0 Å². The molecule has 2 rings (SSSR count). The molecule has 2 aliphatic carbocycles. The van der Waals surface area contributed by atoms with Gasteiger partial charge in [0.15, 0.2) is 0 Å². The summed E-state index contributed by atoms with van der Waals surface area (Å²) in [5, 5.41) is 21.7. The van der Waals surface area contributed by atoms with Crippen molar-refractivity contribution in [1.82, 2.24) is 4.90 Å². The molecule has 0 heterocycles. The summed E-state index contributed by atoms with van der Waals surface area (Å²) in [5.41, 5.74) is -2.12. The predicted octanol–water partition coefficient (Wildman–Crippen LogP) is 3.70. The highest BCUT2D eigenvalue weighted by Crippen LogP contribution is 2.49. The van der Waals surface area contributed by atoms with Crippen molar-refractivity contribution in [3.63, 3.8) is 0 Å². The summed E-state index contributed by atoms with van der Waals surface area (Å²) in [6, 6.07) is 0.489. The molecule has 0 radical (unpaired) electrons. The lowest BCUT2D eigenvalue weighted by Crippen LogP contribution is -2.66. The summed E-state index contributed by atoms with van der Waals surface area (Å²) in [5.74, 6) is 1.14. The van der Waals surface area contributed by atoms with Gasteiger partial charge < -0.3 is 61.4 Å². The molecule has 0 aromatic rings. The molecule has 2 unspecified atom stereocenters. The van der Waals surface area contributed by atoms with Crippen LogP contribution in [0.25, 0.3) is 0 Å². The van der Waals surface area contributed by atoms with Gasteiger partial charge in [0.25, 0.3) is 0 Å². The fourth-order valence-corrected chi connectivity index (χ4v) is 10.0. The Morgan fingerprint density at radius 3 is 1.84 bits per heavy atom. The summed E-state index contributed by atoms with van der Waals surface area (Å²) in [6.45, 7) is 12.2. The number of aliphatic hydroxyl groups excluding tert-OH is 1. The maximum atomic E-state index is 11.0. The molecule has 0 aromatic carbocycles. The molecule has 0 aliphatic heterocycles. The molecule has 0 amide bonds. The summed E-state index contributed by atoms with van der Waals surface area (Å²) in [7, 11) is -1.66. The van der Waals surface area contributed by atoms with Crippen molar-refractivity contribution in [3.05, 3.63) is 0 Å². The van der Waals surface area contributed by atoms with Crippen molar-refractivity contribution in [3.8, 4) is 0 Å². The van der Waals surface area contributed by atoms with Crippen LogP contribution in [0, 0.1) is 17.3 Å². The van der Waals surface area contributed by atoms with Crippen LogP contribution >= 0.6 is 0 Å². The van der Waals surface area contributed by atoms with Gasteiger partial charge >= 0.3 is 23.2 Å². The number of ether oxygens (including phenoxy) is 4. The minimum atomic E-state index is -4.12. The van der Waals surface area contributed by atoms with Crippen LogP contribution in [0.15, 0.2) is 0 Å². The van der Waals surface area contributed by atoms with E-state index in [1.54, 1.807) is 6.92 Å². The minimum Gasteiger partial charge on any atom is -0.390 e. The zero-order valence-corrected chi connectivity index (χ0v) is 33.8. The van der Waals surface area contributed by atoms with E-state index in [2.05, 4.69) is 25.7 Å². The van der Waals surface area contributed by atoms with Crippen molar-refractivity contribution < 1.29 is 56.5 Å². The lowest BCUT2D eigenvalue weighted by Gasteiger charge is -2.47. The van der Waals surface area contributed by atoms with E-state index in [9.17, 15) is 19.8 Å². The first-order valence-electron chi connectivity index (χ1n) is 18.5. The van der Waals surface area contributed by atoms with E-state index >= 15 is 0 Å². The highest BCUT2D eigenvalue weighted by Gasteiger charge is 2.62. The van der Waals surface area contributed by atoms with E-state index in [1.165, 1.54) is 28.4 Å². The molecule has 2 saturated carbocycles. The number of nitrogens with zero attached hydrogens (tertiary/aromatic N) is 1. The normalized spacial score (nSPS) is 24.7. The van der Waals surface area contributed by atoms with Crippen LogP contribution in [0.3, 0.4) is 0 Å². The standard InChI is InChI=1S/C34H71NO12Si2/c1-9-11-21-35(22-12-25-48(38,40-5)41-6)26-30(36)27-44-23-24-45-31-17-13-28(14-18-31)33(3,4)29-15-19-32(20-16-29)47-34(37,46-10-2)49(39,42-7)43-8/h28-32,36-39H,9-27H2,1-8H3. The molecule has 0 bridgehead atoms. The molecule has 0 aromatic heterocycles. The van der Waals surface area contributed by atoms with Gasteiger partial charge in [-0.15, -0.1) is 0 Å². The Hall–Kier alpha value is -0.0862. The van der Waals surface area contributed by atoms with Gasteiger partial charge in [0, 0.05) is 47.6 Å². The quantitative estimate of drug-likeness (QED) is 0.0579. The number of rotatable bonds is 26. The van der Waals surface area contributed by atoms with Gasteiger partial charge in [-0.1, -0.05) is 27.2 Å². The molecule has 4 N–H and O–H groups in total. The third kappa shape index (κ3) is 14.0. The largest absolute Gasteiger partial charge is 0.593 e. The fourth-order valence-electron chi connectivity index (χ4n) is 7.53. The Morgan fingerprint density at radius 1 is 0.776 bits per heavy atom. The van der Waals surface area contributed by atoms with E-state index < -0.39 is 29.3 Å². The van der Waals surface area contributed by atoms with Gasteiger partial charge in [0.1, 0.15) is 0 Å². The van der Waals surface area contributed by atoms with Crippen LogP contribution in [0.5, 0.6) is 0 Å². The summed E-state index contributed by atoms with van der Waals surface area (Å²) < 4.78 is 44.0. The lowest BCUT2D eigenvalue weighted by atomic mass is 9.60. The minimum absolute atomic E-state index is 0.142. The Kier molecular flexibility index (Phi) is 20.4. The van der Waals surface area contributed by atoms with Gasteiger partial charge in [0.05, 0.1) is 38.1 Å². The number of hydrogen-bond donors (Lipinski definition) is 4. The molecule has 0 spiro atoms. The Balaban J connectivity index is 1.69. The third-order valence-corrected chi connectivity index (χ3v) is 15.3. The van der Waals surface area contributed by atoms with E-state index in [4.69, 9.17) is 36.7 Å². The number of unbranched alkanes of at least 4 members (excludes halogenated alkanes) is 1. The summed E-state index contributed by atoms with van der Waals surface area (Å²) in [6.07, 6.45) is 10.0. The molecule has 292 valence electrons. The number of hydrogen-bond acceptors (Lipinski definition) is 13. The van der Waals surface area contributed by atoms with Gasteiger partial charge in [-0.25, -0.2) is 0 Å².